The van der Waals surface area contributed by atoms with Crippen LogP contribution in [0.3, 0.4) is 0 Å². The Hall–Kier alpha value is -1.98. The third-order valence-corrected chi connectivity index (χ3v) is 4.13. The molecule has 2 rings (SSSR count). The van der Waals surface area contributed by atoms with Gasteiger partial charge in [-0.2, -0.15) is 0 Å². The molecule has 3 nitrogen and oxygen atoms in total. The zero-order valence-corrected chi connectivity index (χ0v) is 12.3. The molecule has 5 heteroatoms. The number of sulfonamides is 1. The molecule has 0 aliphatic carbocycles. The lowest BCUT2D eigenvalue weighted by molar-refractivity contribution is 0.576. The Morgan fingerprint density at radius 3 is 2.29 bits per heavy atom. The van der Waals surface area contributed by atoms with E-state index in [9.17, 15) is 12.8 Å². The Bertz CT molecular complexity index is 710. The van der Waals surface area contributed by atoms with Gasteiger partial charge in [-0.15, -0.1) is 0 Å². The first kappa shape index (κ1) is 15.4. The van der Waals surface area contributed by atoms with Gasteiger partial charge in [-0.1, -0.05) is 42.5 Å². The third kappa shape index (κ3) is 4.81. The maximum absolute atomic E-state index is 12.8. The molecule has 0 bridgehead atoms. The summed E-state index contributed by atoms with van der Waals surface area (Å²) in [6, 6.07) is 14.5. The highest BCUT2D eigenvalue weighted by Gasteiger charge is 2.12. The first-order chi connectivity index (χ1) is 9.96. The predicted molar refractivity (Wildman–Crippen MR) is 82.3 cm³/mol. The van der Waals surface area contributed by atoms with Crippen LogP contribution in [-0.2, 0) is 10.0 Å². The number of rotatable bonds is 5. The van der Waals surface area contributed by atoms with E-state index in [0.717, 1.165) is 11.0 Å². The second-order valence-electron chi connectivity index (χ2n) is 4.65. The fourth-order valence-corrected chi connectivity index (χ4v) is 2.88. The topological polar surface area (TPSA) is 46.2 Å². The second-order valence-corrected chi connectivity index (χ2v) is 6.25. The fraction of sp³-hybridized carbons (Fsp3) is 0.125. The van der Waals surface area contributed by atoms with E-state index in [-0.39, 0.29) is 5.82 Å². The van der Waals surface area contributed by atoms with E-state index in [1.54, 1.807) is 19.1 Å². The van der Waals surface area contributed by atoms with Gasteiger partial charge in [-0.25, -0.2) is 17.5 Å². The molecule has 21 heavy (non-hydrogen) atoms. The molecule has 1 atom stereocenters. The summed E-state index contributed by atoms with van der Waals surface area (Å²) in [5.41, 5.74) is 1.50. The third-order valence-electron chi connectivity index (χ3n) is 2.95. The van der Waals surface area contributed by atoms with Crippen molar-refractivity contribution in [1.82, 2.24) is 4.72 Å². The Morgan fingerprint density at radius 2 is 1.67 bits per heavy atom. The normalized spacial score (nSPS) is 13.4. The average molecular weight is 305 g/mol. The highest BCUT2D eigenvalue weighted by molar-refractivity contribution is 7.92. The van der Waals surface area contributed by atoms with Gasteiger partial charge in [0, 0.05) is 11.4 Å². The van der Waals surface area contributed by atoms with Gasteiger partial charge in [-0.05, 0) is 36.3 Å². The maximum Gasteiger partial charge on any atom is 0.234 e. The van der Waals surface area contributed by atoms with Crippen molar-refractivity contribution in [2.75, 3.05) is 0 Å². The van der Waals surface area contributed by atoms with E-state index >= 15 is 0 Å². The average Bonchev–Trinajstić information content (AvgIpc) is 2.46. The van der Waals surface area contributed by atoms with Crippen molar-refractivity contribution in [3.8, 4) is 0 Å². The Labute approximate surface area is 124 Å². The number of hydrogen-bond donors (Lipinski definition) is 1. The smallest absolute Gasteiger partial charge is 0.208 e. The highest BCUT2D eigenvalue weighted by Crippen LogP contribution is 2.14. The summed E-state index contributed by atoms with van der Waals surface area (Å²) in [4.78, 5) is 0. The largest absolute Gasteiger partial charge is 0.234 e. The van der Waals surface area contributed by atoms with E-state index in [1.807, 2.05) is 30.3 Å². The van der Waals surface area contributed by atoms with E-state index in [1.165, 1.54) is 18.2 Å². The summed E-state index contributed by atoms with van der Waals surface area (Å²) >= 11 is 0. The molecule has 0 saturated carbocycles. The molecule has 110 valence electrons. The summed E-state index contributed by atoms with van der Waals surface area (Å²) in [6.07, 6.45) is 1.53. The molecule has 1 N–H and O–H groups in total. The Balaban J connectivity index is 2.07. The molecule has 0 spiro atoms. The predicted octanol–water partition coefficient (Wildman–Crippen LogP) is 3.48. The summed E-state index contributed by atoms with van der Waals surface area (Å²) in [5, 5.41) is 1.13. The lowest BCUT2D eigenvalue weighted by Crippen LogP contribution is -2.24. The second kappa shape index (κ2) is 6.65. The summed E-state index contributed by atoms with van der Waals surface area (Å²) in [5.74, 6) is -0.349. The molecule has 0 saturated heterocycles. The zero-order valence-electron chi connectivity index (χ0n) is 11.5. The van der Waals surface area contributed by atoms with Crippen LogP contribution in [0.4, 0.5) is 4.39 Å². The van der Waals surface area contributed by atoms with Crippen LogP contribution in [0.5, 0.6) is 0 Å². The van der Waals surface area contributed by atoms with Gasteiger partial charge in [0.2, 0.25) is 10.0 Å². The Morgan fingerprint density at radius 1 is 1.05 bits per heavy atom. The molecular formula is C16H16FNO2S. The van der Waals surface area contributed by atoms with E-state index in [2.05, 4.69) is 4.72 Å². The molecule has 0 amide bonds. The van der Waals surface area contributed by atoms with Gasteiger partial charge in [0.25, 0.3) is 0 Å². The van der Waals surface area contributed by atoms with Gasteiger partial charge >= 0.3 is 0 Å². The molecule has 0 aliphatic rings. The lowest BCUT2D eigenvalue weighted by atomic mass is 10.1. The number of nitrogens with one attached hydrogen (secondary N) is 1. The maximum atomic E-state index is 12.8. The van der Waals surface area contributed by atoms with Crippen molar-refractivity contribution >= 4 is 16.1 Å². The minimum atomic E-state index is -3.56. The summed E-state index contributed by atoms with van der Waals surface area (Å²) < 4.78 is 39.3. The SMILES string of the molecule is CC(NS(=O)(=O)/C=C/c1ccccc1)c1ccc(F)cc1. The standard InChI is InChI=1S/C16H16FNO2S/c1-13(15-7-9-16(17)10-8-15)18-21(19,20)12-11-14-5-3-2-4-6-14/h2-13,18H,1H3/b12-11+. The van der Waals surface area contributed by atoms with Crippen LogP contribution < -0.4 is 4.72 Å². The Kier molecular flexibility index (Phi) is 4.88. The monoisotopic (exact) mass is 305 g/mol. The van der Waals surface area contributed by atoms with E-state index in [4.69, 9.17) is 0 Å². The van der Waals surface area contributed by atoms with E-state index < -0.39 is 16.1 Å². The number of halogens is 1. The summed E-state index contributed by atoms with van der Waals surface area (Å²) in [6.45, 7) is 1.71. The fourth-order valence-electron chi connectivity index (χ4n) is 1.84. The quantitative estimate of drug-likeness (QED) is 0.919. The van der Waals surface area contributed by atoms with Crippen molar-refractivity contribution in [2.24, 2.45) is 0 Å². The van der Waals surface area contributed by atoms with Crippen molar-refractivity contribution in [2.45, 2.75) is 13.0 Å². The summed E-state index contributed by atoms with van der Waals surface area (Å²) in [7, 11) is -3.56. The van der Waals surface area contributed by atoms with Gasteiger partial charge in [0.15, 0.2) is 0 Å². The van der Waals surface area contributed by atoms with Crippen molar-refractivity contribution in [1.29, 1.82) is 0 Å². The first-order valence-corrected chi connectivity index (χ1v) is 8.02. The van der Waals surface area contributed by atoms with Gasteiger partial charge in [0.05, 0.1) is 0 Å². The van der Waals surface area contributed by atoms with Crippen LogP contribution in [0.2, 0.25) is 0 Å². The van der Waals surface area contributed by atoms with Crippen LogP contribution in [0, 0.1) is 5.82 Å². The van der Waals surface area contributed by atoms with Gasteiger partial charge in [0.1, 0.15) is 5.82 Å². The molecule has 0 heterocycles. The molecule has 0 fully saturated rings. The van der Waals surface area contributed by atoms with Crippen LogP contribution in [-0.4, -0.2) is 8.42 Å². The molecule has 0 aromatic heterocycles. The van der Waals surface area contributed by atoms with Crippen molar-refractivity contribution in [3.05, 3.63) is 76.9 Å². The van der Waals surface area contributed by atoms with Crippen LogP contribution in [0.25, 0.3) is 6.08 Å². The van der Waals surface area contributed by atoms with Crippen LogP contribution in [0.1, 0.15) is 24.1 Å². The van der Waals surface area contributed by atoms with Gasteiger partial charge in [-0.3, -0.25) is 0 Å². The zero-order chi connectivity index (χ0) is 15.3. The van der Waals surface area contributed by atoms with Crippen molar-refractivity contribution < 1.29 is 12.8 Å². The van der Waals surface area contributed by atoms with E-state index in [0.29, 0.717) is 5.56 Å². The molecule has 2 aromatic rings. The first-order valence-electron chi connectivity index (χ1n) is 6.47. The molecular weight excluding hydrogens is 289 g/mol. The number of hydrogen-bond acceptors (Lipinski definition) is 2. The minimum Gasteiger partial charge on any atom is -0.208 e. The lowest BCUT2D eigenvalue weighted by Gasteiger charge is -2.12. The van der Waals surface area contributed by atoms with Crippen molar-refractivity contribution in [3.63, 3.8) is 0 Å². The molecule has 0 aliphatic heterocycles. The van der Waals surface area contributed by atoms with Crippen LogP contribution in [0.15, 0.2) is 60.0 Å². The molecule has 2 aromatic carbocycles. The van der Waals surface area contributed by atoms with Crippen LogP contribution >= 0.6 is 0 Å². The minimum absolute atomic E-state index is 0.349. The number of benzene rings is 2. The molecule has 0 radical (unpaired) electrons. The highest BCUT2D eigenvalue weighted by atomic mass is 32.2. The van der Waals surface area contributed by atoms with Gasteiger partial charge < -0.3 is 0 Å². The molecule has 1 unspecified atom stereocenters.